The first kappa shape index (κ1) is 23.3. The second-order valence-electron chi connectivity index (χ2n) is 9.36. The number of aliphatic hydroxyl groups is 1. The van der Waals surface area contributed by atoms with Crippen LogP contribution >= 0.6 is 0 Å². The number of hydrogen-bond acceptors (Lipinski definition) is 8. The fraction of sp³-hybridized carbons (Fsp3) is 0.560. The summed E-state index contributed by atoms with van der Waals surface area (Å²) in [6.45, 7) is 5.64. The predicted octanol–water partition coefficient (Wildman–Crippen LogP) is 3.55. The van der Waals surface area contributed by atoms with Gasteiger partial charge in [-0.2, -0.15) is 0 Å². The smallest absolute Gasteiger partial charge is 0.204 e. The fourth-order valence-corrected chi connectivity index (χ4v) is 4.55. The van der Waals surface area contributed by atoms with Crippen molar-refractivity contribution < 1.29 is 19.4 Å². The lowest BCUT2D eigenvalue weighted by Crippen LogP contribution is -2.43. The molecule has 1 aliphatic carbocycles. The van der Waals surface area contributed by atoms with E-state index in [-0.39, 0.29) is 17.8 Å². The van der Waals surface area contributed by atoms with E-state index in [4.69, 9.17) is 9.47 Å². The molecule has 2 atom stereocenters. The Morgan fingerprint density at radius 2 is 2.06 bits per heavy atom. The summed E-state index contributed by atoms with van der Waals surface area (Å²) in [6, 6.07) is 8.04. The zero-order valence-electron chi connectivity index (χ0n) is 19.7. The summed E-state index contributed by atoms with van der Waals surface area (Å²) < 4.78 is 11.9. The summed E-state index contributed by atoms with van der Waals surface area (Å²) in [6.07, 6.45) is 5.66. The molecule has 8 nitrogen and oxygen atoms in total. The van der Waals surface area contributed by atoms with Crippen molar-refractivity contribution in [1.29, 1.82) is 0 Å². The number of anilines is 2. The number of benzene rings is 1. The molecule has 0 bridgehead atoms. The highest BCUT2D eigenvalue weighted by atomic mass is 16.5. The van der Waals surface area contributed by atoms with E-state index in [0.29, 0.717) is 31.1 Å². The van der Waals surface area contributed by atoms with Crippen molar-refractivity contribution in [1.82, 2.24) is 9.97 Å². The molecule has 8 heteroatoms. The fourth-order valence-electron chi connectivity index (χ4n) is 4.55. The van der Waals surface area contributed by atoms with Crippen molar-refractivity contribution in [3.63, 3.8) is 0 Å². The van der Waals surface area contributed by atoms with Crippen molar-refractivity contribution in [3.05, 3.63) is 36.2 Å². The summed E-state index contributed by atoms with van der Waals surface area (Å²) in [7, 11) is 1.62. The van der Waals surface area contributed by atoms with Crippen molar-refractivity contribution in [3.8, 4) is 11.5 Å². The van der Waals surface area contributed by atoms with Crippen LogP contribution in [0.2, 0.25) is 0 Å². The normalized spacial score (nSPS) is 20.1. The third-order valence-electron chi connectivity index (χ3n) is 6.65. The van der Waals surface area contributed by atoms with Gasteiger partial charge in [0.15, 0.2) is 11.6 Å². The second kappa shape index (κ2) is 9.95. The molecule has 0 spiro atoms. The maximum Gasteiger partial charge on any atom is 0.204 e. The Hall–Kier alpha value is -2.87. The SMILES string of the molecule is COc1c(NCC2(O)CCC2)ncnc1N1CC[C@@H](Oc2ccc([C@H](C)CC(C)=O)cc2)C1. The number of methoxy groups -OCH3 is 1. The van der Waals surface area contributed by atoms with Crippen LogP contribution in [0.1, 0.15) is 57.4 Å². The topological polar surface area (TPSA) is 96.8 Å². The molecule has 1 saturated heterocycles. The monoisotopic (exact) mass is 454 g/mol. The second-order valence-corrected chi connectivity index (χ2v) is 9.36. The number of carbonyl (C=O) groups is 1. The molecule has 0 amide bonds. The number of Topliss-reactive ketones (excluding diaryl/α,β-unsaturated/α-hetero) is 1. The van der Waals surface area contributed by atoms with Gasteiger partial charge in [0, 0.05) is 25.9 Å². The number of ether oxygens (including phenoxy) is 2. The standard InChI is InChI=1S/C25H34N4O4/c1-17(13-18(2)30)19-5-7-20(8-6-19)33-21-9-12-29(14-21)24-22(32-3)23(27-16-28-24)26-15-25(31)10-4-11-25/h5-8,16-17,21,31H,4,9-15H2,1-3H3,(H,26,27,28)/t17-,21-/m1/s1. The van der Waals surface area contributed by atoms with Crippen LogP contribution in [0.4, 0.5) is 11.6 Å². The first-order valence-electron chi connectivity index (χ1n) is 11.7. The molecule has 0 unspecified atom stereocenters. The molecule has 33 heavy (non-hydrogen) atoms. The quantitative estimate of drug-likeness (QED) is 0.563. The van der Waals surface area contributed by atoms with Gasteiger partial charge in [-0.1, -0.05) is 19.1 Å². The van der Waals surface area contributed by atoms with Crippen LogP contribution in [0.25, 0.3) is 0 Å². The average Bonchev–Trinajstić information content (AvgIpc) is 3.24. The Morgan fingerprint density at radius 1 is 1.30 bits per heavy atom. The van der Waals surface area contributed by atoms with Gasteiger partial charge in [0.2, 0.25) is 5.75 Å². The molecular weight excluding hydrogens is 420 g/mol. The minimum atomic E-state index is -0.651. The minimum absolute atomic E-state index is 0.0391. The van der Waals surface area contributed by atoms with Crippen LogP contribution in [0.15, 0.2) is 30.6 Å². The molecule has 1 aliphatic heterocycles. The maximum absolute atomic E-state index is 11.4. The summed E-state index contributed by atoms with van der Waals surface area (Å²) in [4.78, 5) is 22.3. The molecule has 2 heterocycles. The summed E-state index contributed by atoms with van der Waals surface area (Å²) in [5.41, 5.74) is 0.491. The number of carbonyl (C=O) groups excluding carboxylic acids is 1. The van der Waals surface area contributed by atoms with Gasteiger partial charge in [-0.3, -0.25) is 0 Å². The lowest BCUT2D eigenvalue weighted by atomic mass is 9.80. The highest BCUT2D eigenvalue weighted by Crippen LogP contribution is 2.36. The van der Waals surface area contributed by atoms with E-state index in [2.05, 4.69) is 27.1 Å². The molecule has 2 aliphatic rings. The van der Waals surface area contributed by atoms with Crippen LogP contribution in [0.3, 0.4) is 0 Å². The summed E-state index contributed by atoms with van der Waals surface area (Å²) >= 11 is 0. The molecule has 1 aromatic carbocycles. The van der Waals surface area contributed by atoms with Crippen LogP contribution in [-0.4, -0.2) is 59.3 Å². The number of ketones is 1. The maximum atomic E-state index is 11.4. The van der Waals surface area contributed by atoms with E-state index in [1.165, 1.54) is 6.33 Å². The Bertz CT molecular complexity index is 961. The van der Waals surface area contributed by atoms with Crippen molar-refractivity contribution in [2.75, 3.05) is 37.0 Å². The molecule has 4 rings (SSSR count). The van der Waals surface area contributed by atoms with Gasteiger partial charge < -0.3 is 29.6 Å². The summed E-state index contributed by atoms with van der Waals surface area (Å²) in [5, 5.41) is 13.6. The van der Waals surface area contributed by atoms with E-state index in [9.17, 15) is 9.90 Å². The number of nitrogens with one attached hydrogen (secondary N) is 1. The molecule has 2 fully saturated rings. The largest absolute Gasteiger partial charge is 0.490 e. The number of nitrogens with zero attached hydrogens (tertiary/aromatic N) is 3. The Kier molecular flexibility index (Phi) is 7.02. The first-order valence-corrected chi connectivity index (χ1v) is 11.7. The van der Waals surface area contributed by atoms with E-state index >= 15 is 0 Å². The lowest BCUT2D eigenvalue weighted by Gasteiger charge is -2.36. The van der Waals surface area contributed by atoms with Crippen molar-refractivity contribution >= 4 is 17.4 Å². The van der Waals surface area contributed by atoms with Gasteiger partial charge in [-0.05, 0) is 49.8 Å². The molecule has 0 radical (unpaired) electrons. The molecule has 178 valence electrons. The zero-order chi connectivity index (χ0) is 23.4. The van der Waals surface area contributed by atoms with Gasteiger partial charge in [0.05, 0.1) is 19.3 Å². The molecule has 2 N–H and O–H groups in total. The van der Waals surface area contributed by atoms with E-state index < -0.39 is 5.60 Å². The van der Waals surface area contributed by atoms with Gasteiger partial charge >= 0.3 is 0 Å². The average molecular weight is 455 g/mol. The summed E-state index contributed by atoms with van der Waals surface area (Å²) in [5.74, 6) is 3.15. The van der Waals surface area contributed by atoms with Crippen molar-refractivity contribution in [2.24, 2.45) is 0 Å². The first-order chi connectivity index (χ1) is 15.9. The van der Waals surface area contributed by atoms with Gasteiger partial charge in [0.1, 0.15) is 24.0 Å². The molecule has 1 aromatic heterocycles. The third kappa shape index (κ3) is 5.55. The number of hydrogen-bond donors (Lipinski definition) is 2. The van der Waals surface area contributed by atoms with E-state index in [1.54, 1.807) is 14.0 Å². The molecule has 1 saturated carbocycles. The van der Waals surface area contributed by atoms with Crippen LogP contribution in [0.5, 0.6) is 11.5 Å². The Labute approximate surface area is 195 Å². The van der Waals surface area contributed by atoms with Crippen molar-refractivity contribution in [2.45, 2.75) is 63.6 Å². The van der Waals surface area contributed by atoms with Gasteiger partial charge in [0.25, 0.3) is 0 Å². The van der Waals surface area contributed by atoms with Crippen LogP contribution in [-0.2, 0) is 4.79 Å². The van der Waals surface area contributed by atoms with E-state index in [1.807, 2.05) is 24.3 Å². The Balaban J connectivity index is 1.37. The minimum Gasteiger partial charge on any atom is -0.490 e. The predicted molar refractivity (Wildman–Crippen MR) is 127 cm³/mol. The third-order valence-corrected chi connectivity index (χ3v) is 6.65. The van der Waals surface area contributed by atoms with Crippen LogP contribution in [0, 0.1) is 0 Å². The highest BCUT2D eigenvalue weighted by Gasteiger charge is 2.35. The zero-order valence-corrected chi connectivity index (χ0v) is 19.7. The number of aromatic nitrogens is 2. The lowest BCUT2D eigenvalue weighted by molar-refractivity contribution is -0.117. The van der Waals surface area contributed by atoms with Gasteiger partial charge in [-0.25, -0.2) is 9.97 Å². The van der Waals surface area contributed by atoms with Crippen LogP contribution < -0.4 is 19.7 Å². The Morgan fingerprint density at radius 3 is 2.70 bits per heavy atom. The number of rotatable bonds is 10. The molecule has 2 aromatic rings. The molecular formula is C25H34N4O4. The highest BCUT2D eigenvalue weighted by molar-refractivity contribution is 5.76. The van der Waals surface area contributed by atoms with Gasteiger partial charge in [-0.15, -0.1) is 0 Å². The van der Waals surface area contributed by atoms with E-state index in [0.717, 1.165) is 49.4 Å².